The third kappa shape index (κ3) is 5.88. The minimum atomic E-state index is 1.11. The molecule has 57 heavy (non-hydrogen) atoms. The number of anilines is 3. The second-order valence-corrected chi connectivity index (χ2v) is 15.7. The third-order valence-electron chi connectivity index (χ3n) is 11.2. The highest BCUT2D eigenvalue weighted by Crippen LogP contribution is 2.43. The summed E-state index contributed by atoms with van der Waals surface area (Å²) >= 11 is 1.86. The molecule has 0 bridgehead atoms. The number of fused-ring (bicyclic) bond motifs is 6. The highest BCUT2D eigenvalue weighted by atomic mass is 32.1. The highest BCUT2D eigenvalue weighted by molar-refractivity contribution is 7.25. The topological polar surface area (TPSA) is 8.17 Å². The zero-order chi connectivity index (χ0) is 37.7. The largest absolute Gasteiger partial charge is 0.310 e. The molecule has 2 nitrogen and oxygen atoms in total. The predicted molar refractivity (Wildman–Crippen MR) is 245 cm³/mol. The van der Waals surface area contributed by atoms with Gasteiger partial charge in [-0.15, -0.1) is 11.3 Å². The normalized spacial score (nSPS) is 11.5. The van der Waals surface area contributed by atoms with E-state index in [0.717, 1.165) is 22.7 Å². The van der Waals surface area contributed by atoms with E-state index in [9.17, 15) is 0 Å². The Labute approximate surface area is 335 Å². The number of aromatic nitrogens is 1. The van der Waals surface area contributed by atoms with Crippen LogP contribution in [-0.4, -0.2) is 4.57 Å². The van der Waals surface area contributed by atoms with Crippen LogP contribution < -0.4 is 4.90 Å². The van der Waals surface area contributed by atoms with Gasteiger partial charge in [0.2, 0.25) is 0 Å². The lowest BCUT2D eigenvalue weighted by atomic mass is 10.0. The third-order valence-corrected chi connectivity index (χ3v) is 12.3. The van der Waals surface area contributed by atoms with Gasteiger partial charge in [-0.2, -0.15) is 0 Å². The molecule has 0 aliphatic rings. The van der Waals surface area contributed by atoms with Gasteiger partial charge in [0, 0.05) is 53.7 Å². The Morgan fingerprint density at radius 3 is 1.44 bits per heavy atom. The van der Waals surface area contributed by atoms with Gasteiger partial charge < -0.3 is 9.47 Å². The van der Waals surface area contributed by atoms with Gasteiger partial charge >= 0.3 is 0 Å². The number of thiophene rings is 1. The summed E-state index contributed by atoms with van der Waals surface area (Å²) in [4.78, 5) is 2.39. The van der Waals surface area contributed by atoms with Crippen LogP contribution in [0.4, 0.5) is 17.1 Å². The van der Waals surface area contributed by atoms with E-state index in [0.29, 0.717) is 0 Å². The second-order valence-electron chi connectivity index (χ2n) is 14.6. The monoisotopic (exact) mass is 744 g/mol. The summed E-state index contributed by atoms with van der Waals surface area (Å²) in [6.45, 7) is 0. The van der Waals surface area contributed by atoms with E-state index in [4.69, 9.17) is 0 Å². The maximum absolute atomic E-state index is 2.39. The average molecular weight is 745 g/mol. The number of nitrogens with zero attached hydrogens (tertiary/aromatic N) is 2. The van der Waals surface area contributed by atoms with Gasteiger partial charge in [0.25, 0.3) is 0 Å². The van der Waals surface area contributed by atoms with Crippen molar-refractivity contribution in [1.82, 2.24) is 4.57 Å². The molecule has 2 heterocycles. The molecular weight excluding hydrogens is 709 g/mol. The van der Waals surface area contributed by atoms with Crippen LogP contribution in [0.1, 0.15) is 0 Å². The average Bonchev–Trinajstić information content (AvgIpc) is 3.82. The summed E-state index contributed by atoms with van der Waals surface area (Å²) in [5, 5.41) is 5.08. The van der Waals surface area contributed by atoms with Gasteiger partial charge in [-0.3, -0.25) is 0 Å². The molecule has 268 valence electrons. The Morgan fingerprint density at radius 2 is 0.754 bits per heavy atom. The number of para-hydroxylation sites is 2. The zero-order valence-electron chi connectivity index (χ0n) is 31.1. The van der Waals surface area contributed by atoms with Crippen LogP contribution in [0.15, 0.2) is 218 Å². The quantitative estimate of drug-likeness (QED) is 0.158. The lowest BCUT2D eigenvalue weighted by Gasteiger charge is -2.26. The summed E-state index contributed by atoms with van der Waals surface area (Å²) < 4.78 is 4.97. The van der Waals surface area contributed by atoms with Crippen molar-refractivity contribution in [2.75, 3.05) is 4.90 Å². The number of hydrogen-bond donors (Lipinski definition) is 0. The summed E-state index contributed by atoms with van der Waals surface area (Å²) in [6.07, 6.45) is 0. The summed E-state index contributed by atoms with van der Waals surface area (Å²) in [5.41, 5.74) is 14.2. The molecule has 0 fully saturated rings. The van der Waals surface area contributed by atoms with E-state index >= 15 is 0 Å². The smallest absolute Gasteiger partial charge is 0.0547 e. The highest BCUT2D eigenvalue weighted by Gasteiger charge is 2.17. The van der Waals surface area contributed by atoms with Gasteiger partial charge in [0.15, 0.2) is 0 Å². The molecule has 0 aliphatic carbocycles. The Kier molecular flexibility index (Phi) is 8.04. The Bertz CT molecular complexity index is 3200. The molecule has 0 N–H and O–H groups in total. The number of benzene rings is 9. The van der Waals surface area contributed by atoms with Crippen molar-refractivity contribution in [3.05, 3.63) is 218 Å². The fraction of sp³-hybridized carbons (Fsp3) is 0. The molecular formula is C54H36N2S. The fourth-order valence-electron chi connectivity index (χ4n) is 8.40. The zero-order valence-corrected chi connectivity index (χ0v) is 31.9. The van der Waals surface area contributed by atoms with Crippen molar-refractivity contribution < 1.29 is 0 Å². The summed E-state index contributed by atoms with van der Waals surface area (Å²) in [6, 6.07) is 79.4. The van der Waals surface area contributed by atoms with Crippen LogP contribution in [0, 0.1) is 0 Å². The second kappa shape index (κ2) is 13.8. The Hall–Kier alpha value is -7.20. The molecule has 0 spiro atoms. The summed E-state index contributed by atoms with van der Waals surface area (Å²) in [7, 11) is 0. The SMILES string of the molecule is c1ccc(-c2ccc(N(c3ccc(-c4ccc5c6ccccc6n(-c6ccccc6)c5c4)cc3)c3ccc4sc5ccc(-c6ccccc6)cc5c4c3)cc2)cc1. The van der Waals surface area contributed by atoms with Crippen molar-refractivity contribution in [2.24, 2.45) is 0 Å². The van der Waals surface area contributed by atoms with Crippen molar-refractivity contribution in [1.29, 1.82) is 0 Å². The molecule has 11 rings (SSSR count). The first kappa shape index (κ1) is 33.2. The number of hydrogen-bond acceptors (Lipinski definition) is 2. The molecule has 2 aromatic heterocycles. The van der Waals surface area contributed by atoms with Gasteiger partial charge in [-0.05, 0) is 112 Å². The van der Waals surface area contributed by atoms with Crippen molar-refractivity contribution >= 4 is 70.4 Å². The van der Waals surface area contributed by atoms with E-state index in [1.807, 2.05) is 11.3 Å². The molecule has 9 aromatic carbocycles. The molecule has 0 amide bonds. The van der Waals surface area contributed by atoms with Gasteiger partial charge in [0.1, 0.15) is 0 Å². The molecule has 0 saturated carbocycles. The van der Waals surface area contributed by atoms with Crippen LogP contribution in [0.3, 0.4) is 0 Å². The Morgan fingerprint density at radius 1 is 0.298 bits per heavy atom. The van der Waals surface area contributed by atoms with E-state index in [1.165, 1.54) is 75.4 Å². The fourth-order valence-corrected chi connectivity index (χ4v) is 9.47. The molecule has 11 aromatic rings. The first-order chi connectivity index (χ1) is 28.2. The van der Waals surface area contributed by atoms with Crippen LogP contribution in [0.2, 0.25) is 0 Å². The van der Waals surface area contributed by atoms with Crippen molar-refractivity contribution in [2.45, 2.75) is 0 Å². The van der Waals surface area contributed by atoms with Gasteiger partial charge in [-0.1, -0.05) is 140 Å². The molecule has 0 unspecified atom stereocenters. The van der Waals surface area contributed by atoms with Gasteiger partial charge in [0.05, 0.1) is 11.0 Å². The standard InChI is InChI=1S/C54H36N2S/c1-4-12-37(13-5-1)39-20-26-44(27-21-39)55(46-30-33-54-50(36-46)49-34-41(25-32-53(49)57-54)38-14-6-2-7-15-38)45-28-22-40(23-29-45)42-24-31-48-47-18-10-11-19-51(47)56(52(48)35-42)43-16-8-3-9-17-43/h1-36H. The van der Waals surface area contributed by atoms with Crippen molar-refractivity contribution in [3.8, 4) is 39.1 Å². The van der Waals surface area contributed by atoms with Crippen molar-refractivity contribution in [3.63, 3.8) is 0 Å². The lowest BCUT2D eigenvalue weighted by molar-refractivity contribution is 1.18. The molecule has 0 aliphatic heterocycles. The number of rotatable bonds is 7. The Balaban J connectivity index is 1.03. The van der Waals surface area contributed by atoms with E-state index < -0.39 is 0 Å². The van der Waals surface area contributed by atoms with Crippen LogP contribution in [0.5, 0.6) is 0 Å². The molecule has 3 heteroatoms. The van der Waals surface area contributed by atoms with Gasteiger partial charge in [-0.25, -0.2) is 0 Å². The first-order valence-electron chi connectivity index (χ1n) is 19.4. The molecule has 0 saturated heterocycles. The predicted octanol–water partition coefficient (Wildman–Crippen LogP) is 15.6. The maximum atomic E-state index is 2.39. The first-order valence-corrected chi connectivity index (χ1v) is 20.2. The molecule has 0 atom stereocenters. The van der Waals surface area contributed by atoms with Crippen LogP contribution >= 0.6 is 11.3 Å². The van der Waals surface area contributed by atoms with Crippen LogP contribution in [-0.2, 0) is 0 Å². The minimum absolute atomic E-state index is 1.11. The summed E-state index contributed by atoms with van der Waals surface area (Å²) in [5.74, 6) is 0. The maximum Gasteiger partial charge on any atom is 0.0547 e. The van der Waals surface area contributed by atoms with E-state index in [1.54, 1.807) is 0 Å². The minimum Gasteiger partial charge on any atom is -0.310 e. The lowest BCUT2D eigenvalue weighted by Crippen LogP contribution is -2.09. The molecule has 0 radical (unpaired) electrons. The van der Waals surface area contributed by atoms with Crippen LogP contribution in [0.25, 0.3) is 81.0 Å². The van der Waals surface area contributed by atoms with E-state index in [-0.39, 0.29) is 0 Å². The van der Waals surface area contributed by atoms with E-state index in [2.05, 4.69) is 228 Å².